The molecule has 21 heavy (non-hydrogen) atoms. The molecular weight excluding hydrogens is 290 g/mol. The summed E-state index contributed by atoms with van der Waals surface area (Å²) < 4.78 is 6.95. The monoisotopic (exact) mass is 307 g/mol. The maximum atomic E-state index is 11.4. The van der Waals surface area contributed by atoms with Crippen LogP contribution >= 0.6 is 11.8 Å². The first-order chi connectivity index (χ1) is 10.2. The zero-order valence-corrected chi connectivity index (χ0v) is 12.8. The number of benzene rings is 1. The molecule has 0 aliphatic carbocycles. The molecule has 0 saturated heterocycles. The summed E-state index contributed by atoms with van der Waals surface area (Å²) in [6, 6.07) is 7.28. The summed E-state index contributed by atoms with van der Waals surface area (Å²) in [5.41, 5.74) is 1.11. The highest BCUT2D eigenvalue weighted by atomic mass is 32.2. The van der Waals surface area contributed by atoms with Crippen LogP contribution in [0.4, 0.5) is 0 Å². The summed E-state index contributed by atoms with van der Waals surface area (Å²) in [5, 5.41) is 17.1. The van der Waals surface area contributed by atoms with Gasteiger partial charge >= 0.3 is 5.97 Å². The van der Waals surface area contributed by atoms with Gasteiger partial charge in [-0.05, 0) is 17.9 Å². The molecule has 0 aliphatic heterocycles. The molecule has 1 N–H and O–H groups in total. The largest absolute Gasteiger partial charge is 0.496 e. The molecule has 7 heteroatoms. The Kier molecular flexibility index (Phi) is 5.21. The molecule has 1 aromatic heterocycles. The predicted octanol–water partition coefficient (Wildman–Crippen LogP) is 2.41. The van der Waals surface area contributed by atoms with Crippen LogP contribution in [0.15, 0.2) is 24.3 Å². The number of carboxylic acids is 1. The van der Waals surface area contributed by atoms with Crippen LogP contribution in [0.3, 0.4) is 0 Å². The van der Waals surface area contributed by atoms with Crippen LogP contribution in [0, 0.1) is 0 Å². The van der Waals surface area contributed by atoms with Gasteiger partial charge in [0.05, 0.1) is 13.7 Å². The highest BCUT2D eigenvalue weighted by molar-refractivity contribution is 7.99. The van der Waals surface area contributed by atoms with Crippen molar-refractivity contribution in [2.75, 3.05) is 18.6 Å². The molecule has 112 valence electrons. The second kappa shape index (κ2) is 7.12. The normalized spacial score (nSPS) is 10.6. The minimum atomic E-state index is -1.09. The maximum absolute atomic E-state index is 11.4. The third-order valence-corrected chi connectivity index (χ3v) is 3.83. The zero-order valence-electron chi connectivity index (χ0n) is 11.9. The van der Waals surface area contributed by atoms with E-state index in [0.717, 1.165) is 11.5 Å². The van der Waals surface area contributed by atoms with Crippen LogP contribution in [0.2, 0.25) is 0 Å². The van der Waals surface area contributed by atoms with E-state index in [9.17, 15) is 9.90 Å². The van der Waals surface area contributed by atoms with Gasteiger partial charge in [-0.15, -0.1) is 5.10 Å². The van der Waals surface area contributed by atoms with Crippen molar-refractivity contribution in [2.45, 2.75) is 13.5 Å². The fourth-order valence-corrected chi connectivity index (χ4v) is 2.61. The van der Waals surface area contributed by atoms with Crippen molar-refractivity contribution < 1.29 is 14.6 Å². The van der Waals surface area contributed by atoms with Crippen molar-refractivity contribution in [3.05, 3.63) is 30.0 Å². The minimum Gasteiger partial charge on any atom is -0.496 e. The Bertz CT molecular complexity index is 628. The van der Waals surface area contributed by atoms with Gasteiger partial charge in [-0.2, -0.15) is 11.8 Å². The maximum Gasteiger partial charge on any atom is 0.358 e. The lowest BCUT2D eigenvalue weighted by molar-refractivity contribution is 0.0691. The smallest absolute Gasteiger partial charge is 0.358 e. The predicted molar refractivity (Wildman–Crippen MR) is 82.0 cm³/mol. The molecule has 0 amide bonds. The summed E-state index contributed by atoms with van der Waals surface area (Å²) in [6.45, 7) is 2.68. The molecule has 2 rings (SSSR count). The molecule has 6 nitrogen and oxygen atoms in total. The van der Waals surface area contributed by atoms with Gasteiger partial charge in [0.1, 0.15) is 11.4 Å². The second-order valence-electron chi connectivity index (χ2n) is 4.21. The fourth-order valence-electron chi connectivity index (χ4n) is 2.02. The number of carboxylic acid groups (broad SMARTS) is 1. The number of aryl methyl sites for hydroxylation is 1. The van der Waals surface area contributed by atoms with Crippen LogP contribution in [0.1, 0.15) is 17.4 Å². The number of rotatable bonds is 7. The van der Waals surface area contributed by atoms with E-state index in [2.05, 4.69) is 17.2 Å². The first kappa shape index (κ1) is 15.4. The Morgan fingerprint density at radius 3 is 2.86 bits per heavy atom. The molecule has 0 spiro atoms. The Hall–Kier alpha value is -2.02. The molecule has 0 atom stereocenters. The van der Waals surface area contributed by atoms with E-state index in [4.69, 9.17) is 4.74 Å². The van der Waals surface area contributed by atoms with Crippen molar-refractivity contribution in [1.82, 2.24) is 15.0 Å². The first-order valence-electron chi connectivity index (χ1n) is 6.57. The van der Waals surface area contributed by atoms with Crippen LogP contribution < -0.4 is 4.74 Å². The molecule has 0 unspecified atom stereocenters. The number of thioether (sulfide) groups is 1. The van der Waals surface area contributed by atoms with Gasteiger partial charge in [-0.3, -0.25) is 0 Å². The molecule has 0 bridgehead atoms. The van der Waals surface area contributed by atoms with Gasteiger partial charge in [0.2, 0.25) is 0 Å². The third kappa shape index (κ3) is 3.36. The lowest BCUT2D eigenvalue weighted by Crippen LogP contribution is -2.07. The van der Waals surface area contributed by atoms with Crippen LogP contribution in [-0.4, -0.2) is 44.7 Å². The number of aromatic carboxylic acids is 1. The van der Waals surface area contributed by atoms with E-state index in [1.165, 1.54) is 0 Å². The quantitative estimate of drug-likeness (QED) is 0.792. The van der Waals surface area contributed by atoms with Crippen molar-refractivity contribution in [2.24, 2.45) is 0 Å². The summed E-state index contributed by atoms with van der Waals surface area (Å²) in [7, 11) is 1.56. The summed E-state index contributed by atoms with van der Waals surface area (Å²) >= 11 is 1.77. The van der Waals surface area contributed by atoms with Gasteiger partial charge in [0, 0.05) is 11.3 Å². The summed E-state index contributed by atoms with van der Waals surface area (Å²) in [5.74, 6) is 1.36. The van der Waals surface area contributed by atoms with Gasteiger partial charge < -0.3 is 9.84 Å². The Labute approximate surface area is 127 Å². The zero-order chi connectivity index (χ0) is 15.2. The first-order valence-corrected chi connectivity index (χ1v) is 7.72. The minimum absolute atomic E-state index is 0.0546. The van der Waals surface area contributed by atoms with Crippen molar-refractivity contribution in [3.63, 3.8) is 0 Å². The van der Waals surface area contributed by atoms with Crippen molar-refractivity contribution in [1.29, 1.82) is 0 Å². The second-order valence-corrected chi connectivity index (χ2v) is 5.61. The standard InChI is InChI=1S/C14H17N3O3S/c1-3-21-9-8-17-13(12(14(18)19)15-16-17)10-6-4-5-7-11(10)20-2/h4-7H,3,8-9H2,1-2H3,(H,18,19). The van der Waals surface area contributed by atoms with E-state index < -0.39 is 5.97 Å². The molecule has 0 fully saturated rings. The number of ether oxygens (including phenoxy) is 1. The van der Waals surface area contributed by atoms with Gasteiger partial charge in [0.15, 0.2) is 5.69 Å². The van der Waals surface area contributed by atoms with Gasteiger partial charge in [-0.1, -0.05) is 24.3 Å². The Balaban J connectivity index is 2.48. The van der Waals surface area contributed by atoms with Crippen LogP contribution in [-0.2, 0) is 6.54 Å². The number of aromatic nitrogens is 3. The average Bonchev–Trinajstić information content (AvgIpc) is 2.91. The van der Waals surface area contributed by atoms with Crippen LogP contribution in [0.25, 0.3) is 11.3 Å². The molecular formula is C14H17N3O3S. The van der Waals surface area contributed by atoms with E-state index in [-0.39, 0.29) is 5.69 Å². The highest BCUT2D eigenvalue weighted by Crippen LogP contribution is 2.31. The van der Waals surface area contributed by atoms with Gasteiger partial charge in [0.25, 0.3) is 0 Å². The topological polar surface area (TPSA) is 77.2 Å². The number of para-hydroxylation sites is 1. The molecule has 1 heterocycles. The Morgan fingerprint density at radius 1 is 1.43 bits per heavy atom. The molecule has 0 saturated carbocycles. The lowest BCUT2D eigenvalue weighted by Gasteiger charge is -2.10. The number of methoxy groups -OCH3 is 1. The fraction of sp³-hybridized carbons (Fsp3) is 0.357. The third-order valence-electron chi connectivity index (χ3n) is 2.95. The average molecular weight is 307 g/mol. The van der Waals surface area contributed by atoms with E-state index >= 15 is 0 Å². The van der Waals surface area contributed by atoms with Crippen molar-refractivity contribution in [3.8, 4) is 17.0 Å². The number of carbonyl (C=O) groups is 1. The number of nitrogens with zero attached hydrogens (tertiary/aromatic N) is 3. The summed E-state index contributed by atoms with van der Waals surface area (Å²) in [6.07, 6.45) is 0. The Morgan fingerprint density at radius 2 is 2.19 bits per heavy atom. The SMILES string of the molecule is CCSCCn1nnc(C(=O)O)c1-c1ccccc1OC. The lowest BCUT2D eigenvalue weighted by atomic mass is 10.1. The van der Waals surface area contributed by atoms with E-state index in [0.29, 0.717) is 23.6 Å². The molecule has 0 aliphatic rings. The molecule has 0 radical (unpaired) electrons. The molecule has 1 aromatic carbocycles. The summed E-state index contributed by atoms with van der Waals surface area (Å²) in [4.78, 5) is 11.4. The number of hydrogen-bond donors (Lipinski definition) is 1. The van der Waals surface area contributed by atoms with Crippen molar-refractivity contribution >= 4 is 17.7 Å². The molecule has 2 aromatic rings. The van der Waals surface area contributed by atoms with E-state index in [1.807, 2.05) is 18.2 Å². The van der Waals surface area contributed by atoms with Crippen LogP contribution in [0.5, 0.6) is 5.75 Å². The number of hydrogen-bond acceptors (Lipinski definition) is 5. The van der Waals surface area contributed by atoms with E-state index in [1.54, 1.807) is 29.6 Å². The van der Waals surface area contributed by atoms with Gasteiger partial charge in [-0.25, -0.2) is 9.48 Å². The highest BCUT2D eigenvalue weighted by Gasteiger charge is 2.22.